The quantitative estimate of drug-likeness (QED) is 0.837. The van der Waals surface area contributed by atoms with Gasteiger partial charge in [-0.25, -0.2) is 4.39 Å². The van der Waals surface area contributed by atoms with Gasteiger partial charge in [0.15, 0.2) is 0 Å². The van der Waals surface area contributed by atoms with Gasteiger partial charge in [0, 0.05) is 6.04 Å². The summed E-state index contributed by atoms with van der Waals surface area (Å²) in [6.07, 6.45) is 1.74. The van der Waals surface area contributed by atoms with E-state index in [0.29, 0.717) is 0 Å². The summed E-state index contributed by atoms with van der Waals surface area (Å²) < 4.78 is 13.6. The zero-order chi connectivity index (χ0) is 15.2. The van der Waals surface area contributed by atoms with Gasteiger partial charge in [-0.3, -0.25) is 0 Å². The van der Waals surface area contributed by atoms with Gasteiger partial charge in [0.25, 0.3) is 0 Å². The minimum atomic E-state index is -0.213. The molecule has 0 amide bonds. The van der Waals surface area contributed by atoms with Crippen LogP contribution in [0.2, 0.25) is 0 Å². The van der Waals surface area contributed by atoms with E-state index in [1.807, 2.05) is 25.1 Å². The highest BCUT2D eigenvalue weighted by molar-refractivity contribution is 5.33. The second kappa shape index (κ2) is 7.23. The molecule has 0 spiro atoms. The van der Waals surface area contributed by atoms with E-state index in [2.05, 4.69) is 12.2 Å². The van der Waals surface area contributed by atoms with Gasteiger partial charge in [-0.05, 0) is 67.3 Å². The van der Waals surface area contributed by atoms with Crippen molar-refractivity contribution in [1.29, 1.82) is 0 Å². The van der Waals surface area contributed by atoms with Gasteiger partial charge in [0.1, 0.15) is 11.6 Å². The highest BCUT2D eigenvalue weighted by atomic mass is 19.1. The van der Waals surface area contributed by atoms with Crippen LogP contribution in [0.5, 0.6) is 5.75 Å². The first kappa shape index (κ1) is 15.5. The van der Waals surface area contributed by atoms with Gasteiger partial charge in [0.05, 0.1) is 0 Å². The molecule has 0 bridgehead atoms. The zero-order valence-corrected chi connectivity index (χ0v) is 12.6. The molecule has 2 rings (SSSR count). The summed E-state index contributed by atoms with van der Waals surface area (Å²) in [6, 6.07) is 12.2. The summed E-state index contributed by atoms with van der Waals surface area (Å²) in [6.45, 7) is 4.98. The van der Waals surface area contributed by atoms with Crippen molar-refractivity contribution >= 4 is 0 Å². The number of phenolic OH excluding ortho intramolecular Hbond substituents is 1. The first-order valence-electron chi connectivity index (χ1n) is 7.37. The molecular formula is C18H22FNO. The van der Waals surface area contributed by atoms with Crippen molar-refractivity contribution in [2.75, 3.05) is 6.54 Å². The third kappa shape index (κ3) is 4.30. The molecule has 1 unspecified atom stereocenters. The molecule has 0 saturated heterocycles. The van der Waals surface area contributed by atoms with E-state index in [4.69, 9.17) is 0 Å². The van der Waals surface area contributed by atoms with Crippen molar-refractivity contribution in [3.05, 3.63) is 65.0 Å². The number of rotatable bonds is 6. The molecule has 112 valence electrons. The molecule has 21 heavy (non-hydrogen) atoms. The van der Waals surface area contributed by atoms with Crippen LogP contribution < -0.4 is 5.32 Å². The Morgan fingerprint density at radius 2 is 2.00 bits per heavy atom. The maximum absolute atomic E-state index is 13.6. The molecule has 2 aromatic rings. The molecule has 0 aromatic heterocycles. The molecule has 2 nitrogen and oxygen atoms in total. The van der Waals surface area contributed by atoms with E-state index in [0.717, 1.165) is 36.1 Å². The average molecular weight is 287 g/mol. The topological polar surface area (TPSA) is 32.3 Å². The monoisotopic (exact) mass is 287 g/mol. The minimum Gasteiger partial charge on any atom is -0.508 e. The lowest BCUT2D eigenvalue weighted by molar-refractivity contribution is 0.472. The van der Waals surface area contributed by atoms with Crippen LogP contribution in [-0.2, 0) is 6.42 Å². The third-order valence-electron chi connectivity index (χ3n) is 3.61. The van der Waals surface area contributed by atoms with Crippen LogP contribution in [0.3, 0.4) is 0 Å². The molecule has 0 saturated carbocycles. The molecule has 0 aliphatic heterocycles. The van der Waals surface area contributed by atoms with Crippen LogP contribution in [0.4, 0.5) is 4.39 Å². The molecule has 0 aliphatic carbocycles. The number of hydrogen-bond acceptors (Lipinski definition) is 2. The number of hydrogen-bond donors (Lipinski definition) is 2. The fourth-order valence-electron chi connectivity index (χ4n) is 2.52. The lowest BCUT2D eigenvalue weighted by Crippen LogP contribution is -2.25. The van der Waals surface area contributed by atoms with Gasteiger partial charge in [-0.15, -0.1) is 0 Å². The van der Waals surface area contributed by atoms with E-state index in [9.17, 15) is 9.50 Å². The van der Waals surface area contributed by atoms with E-state index in [-0.39, 0.29) is 17.6 Å². The van der Waals surface area contributed by atoms with Crippen molar-refractivity contribution < 1.29 is 9.50 Å². The Morgan fingerprint density at radius 3 is 2.71 bits per heavy atom. The molecule has 2 N–H and O–H groups in total. The van der Waals surface area contributed by atoms with Gasteiger partial charge in [-0.1, -0.05) is 25.1 Å². The standard InChI is InChI=1S/C18H22FNO/c1-3-9-20-18(11-14-5-4-6-16(21)10-14)17-12-15(19)8-7-13(17)2/h4-8,10,12,18,20-21H,3,9,11H2,1-2H3. The maximum atomic E-state index is 13.6. The molecule has 3 heteroatoms. The van der Waals surface area contributed by atoms with Crippen molar-refractivity contribution in [1.82, 2.24) is 5.32 Å². The number of aryl methyl sites for hydroxylation is 1. The zero-order valence-electron chi connectivity index (χ0n) is 12.6. The summed E-state index contributed by atoms with van der Waals surface area (Å²) in [4.78, 5) is 0. The van der Waals surface area contributed by atoms with Crippen molar-refractivity contribution in [2.45, 2.75) is 32.7 Å². The fourth-order valence-corrected chi connectivity index (χ4v) is 2.52. The number of benzene rings is 2. The summed E-state index contributed by atoms with van der Waals surface area (Å²) in [7, 11) is 0. The van der Waals surface area contributed by atoms with E-state index >= 15 is 0 Å². The molecule has 1 atom stereocenters. The van der Waals surface area contributed by atoms with E-state index in [1.54, 1.807) is 18.2 Å². The summed E-state index contributed by atoms with van der Waals surface area (Å²) >= 11 is 0. The second-order valence-corrected chi connectivity index (χ2v) is 5.38. The van der Waals surface area contributed by atoms with Crippen LogP contribution in [0.25, 0.3) is 0 Å². The van der Waals surface area contributed by atoms with Crippen LogP contribution >= 0.6 is 0 Å². The molecular weight excluding hydrogens is 265 g/mol. The SMILES string of the molecule is CCCNC(Cc1cccc(O)c1)c1cc(F)ccc1C. The van der Waals surface area contributed by atoms with Gasteiger partial charge >= 0.3 is 0 Å². The van der Waals surface area contributed by atoms with Gasteiger partial charge < -0.3 is 10.4 Å². The lowest BCUT2D eigenvalue weighted by atomic mass is 9.95. The smallest absolute Gasteiger partial charge is 0.123 e. The predicted molar refractivity (Wildman–Crippen MR) is 84.0 cm³/mol. The largest absolute Gasteiger partial charge is 0.508 e. The first-order chi connectivity index (χ1) is 10.1. The summed E-state index contributed by atoms with van der Waals surface area (Å²) in [5.74, 6) is 0.0486. The van der Waals surface area contributed by atoms with Crippen molar-refractivity contribution in [2.24, 2.45) is 0 Å². The third-order valence-corrected chi connectivity index (χ3v) is 3.61. The number of halogens is 1. The Morgan fingerprint density at radius 1 is 1.19 bits per heavy atom. The average Bonchev–Trinajstić information content (AvgIpc) is 2.46. The predicted octanol–water partition coefficient (Wildman–Crippen LogP) is 4.12. The van der Waals surface area contributed by atoms with Crippen LogP contribution in [0, 0.1) is 12.7 Å². The number of nitrogens with one attached hydrogen (secondary N) is 1. The lowest BCUT2D eigenvalue weighted by Gasteiger charge is -2.21. The van der Waals surface area contributed by atoms with E-state index in [1.165, 1.54) is 6.07 Å². The number of phenols is 1. The Kier molecular flexibility index (Phi) is 5.34. The molecule has 0 fully saturated rings. The highest BCUT2D eigenvalue weighted by Gasteiger charge is 2.15. The Bertz CT molecular complexity index is 598. The Balaban J connectivity index is 2.27. The van der Waals surface area contributed by atoms with Gasteiger partial charge in [-0.2, -0.15) is 0 Å². The molecule has 2 aromatic carbocycles. The van der Waals surface area contributed by atoms with Crippen molar-refractivity contribution in [3.8, 4) is 5.75 Å². The van der Waals surface area contributed by atoms with Gasteiger partial charge in [0.2, 0.25) is 0 Å². The highest BCUT2D eigenvalue weighted by Crippen LogP contribution is 2.24. The number of aromatic hydroxyl groups is 1. The Hall–Kier alpha value is -1.87. The second-order valence-electron chi connectivity index (χ2n) is 5.38. The summed E-state index contributed by atoms with van der Waals surface area (Å²) in [5, 5.41) is 13.1. The molecule has 0 heterocycles. The van der Waals surface area contributed by atoms with Crippen LogP contribution in [-0.4, -0.2) is 11.7 Å². The maximum Gasteiger partial charge on any atom is 0.123 e. The van der Waals surface area contributed by atoms with Crippen molar-refractivity contribution in [3.63, 3.8) is 0 Å². The van der Waals surface area contributed by atoms with E-state index < -0.39 is 0 Å². The van der Waals surface area contributed by atoms with Crippen LogP contribution in [0.15, 0.2) is 42.5 Å². The Labute approximate surface area is 125 Å². The fraction of sp³-hybridized carbons (Fsp3) is 0.333. The van der Waals surface area contributed by atoms with Crippen LogP contribution in [0.1, 0.15) is 36.1 Å². The first-order valence-corrected chi connectivity index (χ1v) is 7.37. The molecule has 0 aliphatic rings. The summed E-state index contributed by atoms with van der Waals surface area (Å²) in [5.41, 5.74) is 3.09. The molecule has 0 radical (unpaired) electrons. The normalized spacial score (nSPS) is 12.3. The minimum absolute atomic E-state index is 0.0439.